The topological polar surface area (TPSA) is 49.8 Å². The third kappa shape index (κ3) is 2.38. The molecule has 17 heavy (non-hydrogen) atoms. The van der Waals surface area contributed by atoms with E-state index in [1.54, 1.807) is 13.0 Å². The monoisotopic (exact) mass is 239 g/mol. The third-order valence-electron chi connectivity index (χ3n) is 4.10. The molecule has 0 saturated carbocycles. The first-order valence-electron chi connectivity index (χ1n) is 6.26. The first-order chi connectivity index (χ1) is 8.02. The highest BCUT2D eigenvalue weighted by Crippen LogP contribution is 2.36. The Balaban J connectivity index is 2.02. The number of fused-ring (bicyclic) bond motifs is 2. The zero-order chi connectivity index (χ0) is 12.6. The van der Waals surface area contributed by atoms with E-state index >= 15 is 0 Å². The van der Waals surface area contributed by atoms with Crippen LogP contribution in [0.2, 0.25) is 0 Å². The Kier molecular flexibility index (Phi) is 3.54. The molecule has 4 nitrogen and oxygen atoms in total. The summed E-state index contributed by atoms with van der Waals surface area (Å²) in [7, 11) is 2.05. The number of aliphatic hydroxyl groups excluding tert-OH is 1. The van der Waals surface area contributed by atoms with Crippen molar-refractivity contribution >= 4 is 5.97 Å². The maximum absolute atomic E-state index is 11.7. The predicted molar refractivity (Wildman–Crippen MR) is 64.5 cm³/mol. The SMILES string of the molecule is C/C=C(\C)C(=O)O[C@H]1CC2C[C@H](O)CC1N2C. The lowest BCUT2D eigenvalue weighted by Crippen LogP contribution is -2.44. The minimum atomic E-state index is -0.243. The van der Waals surface area contributed by atoms with Crippen molar-refractivity contribution in [3.8, 4) is 0 Å². The number of nitrogens with zero attached hydrogens (tertiary/aromatic N) is 1. The van der Waals surface area contributed by atoms with Crippen LogP contribution in [0.25, 0.3) is 0 Å². The van der Waals surface area contributed by atoms with Gasteiger partial charge in [0.05, 0.1) is 6.10 Å². The lowest BCUT2D eigenvalue weighted by Gasteiger charge is -2.34. The van der Waals surface area contributed by atoms with Gasteiger partial charge in [-0.25, -0.2) is 4.79 Å². The van der Waals surface area contributed by atoms with Gasteiger partial charge in [0.25, 0.3) is 0 Å². The number of allylic oxidation sites excluding steroid dienone is 1. The third-order valence-corrected chi connectivity index (χ3v) is 4.10. The first-order valence-corrected chi connectivity index (χ1v) is 6.26. The average Bonchev–Trinajstić information content (AvgIpc) is 2.49. The molecular weight excluding hydrogens is 218 g/mol. The number of hydrogen-bond acceptors (Lipinski definition) is 4. The second kappa shape index (κ2) is 4.78. The molecule has 2 aliphatic heterocycles. The normalized spacial score (nSPS) is 38.2. The Morgan fingerprint density at radius 1 is 1.41 bits per heavy atom. The van der Waals surface area contributed by atoms with E-state index in [1.807, 2.05) is 6.92 Å². The van der Waals surface area contributed by atoms with Crippen LogP contribution in [-0.2, 0) is 9.53 Å². The molecule has 2 saturated heterocycles. The molecule has 1 N–H and O–H groups in total. The highest BCUT2D eigenvalue weighted by Gasteiger charge is 2.46. The maximum Gasteiger partial charge on any atom is 0.333 e. The largest absolute Gasteiger partial charge is 0.457 e. The Morgan fingerprint density at radius 2 is 2.12 bits per heavy atom. The van der Waals surface area contributed by atoms with Gasteiger partial charge in [0, 0.05) is 24.1 Å². The molecule has 0 aromatic rings. The van der Waals surface area contributed by atoms with Crippen LogP contribution in [0.4, 0.5) is 0 Å². The molecule has 0 aromatic heterocycles. The Hall–Kier alpha value is -0.870. The van der Waals surface area contributed by atoms with Crippen LogP contribution < -0.4 is 0 Å². The van der Waals surface area contributed by atoms with E-state index in [0.717, 1.165) is 12.8 Å². The number of ether oxygens (including phenoxy) is 1. The molecule has 0 spiro atoms. The van der Waals surface area contributed by atoms with Crippen molar-refractivity contribution in [3.63, 3.8) is 0 Å². The summed E-state index contributed by atoms with van der Waals surface area (Å²) < 4.78 is 5.54. The Bertz CT molecular complexity index is 340. The molecule has 4 atom stereocenters. The molecule has 2 rings (SSSR count). The lowest BCUT2D eigenvalue weighted by molar-refractivity contribution is -0.145. The number of carbonyl (C=O) groups excluding carboxylic acids is 1. The number of esters is 1. The predicted octanol–water partition coefficient (Wildman–Crippen LogP) is 1.09. The van der Waals surface area contributed by atoms with Crippen LogP contribution in [0.15, 0.2) is 11.6 Å². The van der Waals surface area contributed by atoms with Crippen molar-refractivity contribution in [2.24, 2.45) is 0 Å². The van der Waals surface area contributed by atoms with Crippen molar-refractivity contribution < 1.29 is 14.6 Å². The first kappa shape index (κ1) is 12.6. The molecule has 0 aromatic carbocycles. The smallest absolute Gasteiger partial charge is 0.333 e. The van der Waals surface area contributed by atoms with E-state index in [4.69, 9.17) is 4.74 Å². The van der Waals surface area contributed by atoms with Gasteiger partial charge in [-0.05, 0) is 33.7 Å². The van der Waals surface area contributed by atoms with Gasteiger partial charge in [-0.15, -0.1) is 0 Å². The molecular formula is C13H21NO3. The quantitative estimate of drug-likeness (QED) is 0.579. The molecule has 4 heteroatoms. The molecule has 2 fully saturated rings. The molecule has 0 radical (unpaired) electrons. The van der Waals surface area contributed by atoms with E-state index in [9.17, 15) is 9.90 Å². The zero-order valence-electron chi connectivity index (χ0n) is 10.7. The van der Waals surface area contributed by atoms with Crippen molar-refractivity contribution in [2.45, 2.75) is 57.4 Å². The maximum atomic E-state index is 11.7. The van der Waals surface area contributed by atoms with Gasteiger partial charge in [0.2, 0.25) is 0 Å². The van der Waals surface area contributed by atoms with Gasteiger partial charge in [0.1, 0.15) is 6.10 Å². The second-order valence-corrected chi connectivity index (χ2v) is 5.16. The number of piperidine rings is 1. The number of hydrogen-bond donors (Lipinski definition) is 1. The number of rotatable bonds is 2. The van der Waals surface area contributed by atoms with Gasteiger partial charge in [-0.2, -0.15) is 0 Å². The molecule has 2 bridgehead atoms. The van der Waals surface area contributed by atoms with Gasteiger partial charge in [0.15, 0.2) is 0 Å². The molecule has 2 unspecified atom stereocenters. The molecule has 2 aliphatic rings. The van der Waals surface area contributed by atoms with E-state index in [1.165, 1.54) is 0 Å². The van der Waals surface area contributed by atoms with Crippen molar-refractivity contribution in [1.29, 1.82) is 0 Å². The van der Waals surface area contributed by atoms with Crippen LogP contribution in [0, 0.1) is 0 Å². The minimum absolute atomic E-state index is 0.0652. The van der Waals surface area contributed by atoms with Gasteiger partial charge in [-0.1, -0.05) is 6.08 Å². The van der Waals surface area contributed by atoms with Crippen LogP contribution in [0.1, 0.15) is 33.1 Å². The highest BCUT2D eigenvalue weighted by molar-refractivity contribution is 5.87. The zero-order valence-corrected chi connectivity index (χ0v) is 10.7. The van der Waals surface area contributed by atoms with Crippen molar-refractivity contribution in [1.82, 2.24) is 4.90 Å². The summed E-state index contributed by atoms with van der Waals surface area (Å²) in [6, 6.07) is 0.532. The van der Waals surface area contributed by atoms with E-state index in [2.05, 4.69) is 11.9 Å². The van der Waals surface area contributed by atoms with E-state index < -0.39 is 0 Å². The average molecular weight is 239 g/mol. The van der Waals surface area contributed by atoms with Gasteiger partial charge >= 0.3 is 5.97 Å². The van der Waals surface area contributed by atoms with Crippen LogP contribution >= 0.6 is 0 Å². The summed E-state index contributed by atoms with van der Waals surface area (Å²) in [4.78, 5) is 14.0. The van der Waals surface area contributed by atoms with Crippen LogP contribution in [-0.4, -0.2) is 47.3 Å². The summed E-state index contributed by atoms with van der Waals surface area (Å²) >= 11 is 0. The summed E-state index contributed by atoms with van der Waals surface area (Å²) in [5.41, 5.74) is 0.648. The van der Waals surface area contributed by atoms with Crippen molar-refractivity contribution in [2.75, 3.05) is 7.05 Å². The molecule has 96 valence electrons. The molecule has 2 heterocycles. The summed E-state index contributed by atoms with van der Waals surface area (Å²) in [6.07, 6.45) is 3.81. The number of aliphatic hydroxyl groups is 1. The fourth-order valence-electron chi connectivity index (χ4n) is 2.87. The molecule has 0 amide bonds. The summed E-state index contributed by atoms with van der Waals surface area (Å²) in [6.45, 7) is 3.60. The Morgan fingerprint density at radius 3 is 2.76 bits per heavy atom. The van der Waals surface area contributed by atoms with Crippen LogP contribution in [0.5, 0.6) is 0 Å². The van der Waals surface area contributed by atoms with E-state index in [-0.39, 0.29) is 24.2 Å². The number of likely N-dealkylation sites (N-methyl/N-ethyl adjacent to an activating group) is 1. The van der Waals surface area contributed by atoms with Gasteiger partial charge < -0.3 is 9.84 Å². The number of carbonyl (C=O) groups is 1. The lowest BCUT2D eigenvalue weighted by atomic mass is 10.0. The second-order valence-electron chi connectivity index (χ2n) is 5.16. The fraction of sp³-hybridized carbons (Fsp3) is 0.769. The van der Waals surface area contributed by atoms with Gasteiger partial charge in [-0.3, -0.25) is 4.90 Å². The summed E-state index contributed by atoms with van der Waals surface area (Å²) in [5.74, 6) is -0.229. The standard InChI is InChI=1S/C13H21NO3/c1-4-8(2)13(16)17-12-6-9-5-10(15)7-11(12)14(9)3/h4,9-12,15H,5-7H2,1-3H3/b8-4+/t9?,10-,11?,12-/m0/s1. The van der Waals surface area contributed by atoms with Crippen molar-refractivity contribution in [3.05, 3.63) is 11.6 Å². The Labute approximate surface area is 102 Å². The summed E-state index contributed by atoms with van der Waals surface area (Å²) in [5, 5.41) is 9.74. The highest BCUT2D eigenvalue weighted by atomic mass is 16.5. The van der Waals surface area contributed by atoms with E-state index in [0.29, 0.717) is 18.0 Å². The fourth-order valence-corrected chi connectivity index (χ4v) is 2.87. The minimum Gasteiger partial charge on any atom is -0.457 e. The molecule has 0 aliphatic carbocycles. The van der Waals surface area contributed by atoms with Crippen LogP contribution in [0.3, 0.4) is 0 Å².